The molecule has 0 fully saturated rings. The van der Waals surface area contributed by atoms with Crippen molar-refractivity contribution >= 4 is 27.3 Å². The van der Waals surface area contributed by atoms with Crippen LogP contribution in [-0.2, 0) is 6.42 Å². The van der Waals surface area contributed by atoms with Gasteiger partial charge in [-0.05, 0) is 31.5 Å². The lowest BCUT2D eigenvalue weighted by Gasteiger charge is -2.13. The van der Waals surface area contributed by atoms with Gasteiger partial charge in [0.1, 0.15) is 0 Å². The Bertz CT molecular complexity index is 502. The van der Waals surface area contributed by atoms with E-state index in [-0.39, 0.29) is 12.5 Å². The molecule has 1 aromatic heterocycles. The first-order valence-corrected chi connectivity index (χ1v) is 7.50. The van der Waals surface area contributed by atoms with Crippen molar-refractivity contribution < 1.29 is 5.11 Å². The Morgan fingerprint density at radius 3 is 2.44 bits per heavy atom. The molecule has 0 radical (unpaired) electrons. The number of aromatic nitrogens is 1. The quantitative estimate of drug-likeness (QED) is 0.926. The van der Waals surface area contributed by atoms with E-state index in [0.29, 0.717) is 0 Å². The molecule has 0 spiro atoms. The van der Waals surface area contributed by atoms with E-state index < -0.39 is 0 Å². The minimum atomic E-state index is 0.128. The zero-order valence-electron chi connectivity index (χ0n) is 10.5. The van der Waals surface area contributed by atoms with Crippen LogP contribution >= 0.6 is 27.3 Å². The molecular formula is C14H16BrNOS. The minimum Gasteiger partial charge on any atom is -0.396 e. The van der Waals surface area contributed by atoms with Gasteiger partial charge in [0.15, 0.2) is 0 Å². The summed E-state index contributed by atoms with van der Waals surface area (Å²) in [4.78, 5) is 5.80. The number of hydrogen-bond acceptors (Lipinski definition) is 3. The number of hydrogen-bond donors (Lipinski definition) is 1. The fourth-order valence-electron chi connectivity index (χ4n) is 1.86. The summed E-state index contributed by atoms with van der Waals surface area (Å²) in [7, 11) is 0. The molecule has 1 aromatic carbocycles. The first kappa shape index (κ1) is 13.7. The highest BCUT2D eigenvalue weighted by Crippen LogP contribution is 2.25. The summed E-state index contributed by atoms with van der Waals surface area (Å²) in [6, 6.07) is 8.13. The Morgan fingerprint density at radius 2 is 1.94 bits per heavy atom. The average molecular weight is 326 g/mol. The second-order valence-corrected chi connectivity index (χ2v) is 6.59. The van der Waals surface area contributed by atoms with Crippen LogP contribution in [0, 0.1) is 13.8 Å². The zero-order chi connectivity index (χ0) is 13.1. The Morgan fingerprint density at radius 1 is 1.28 bits per heavy atom. The van der Waals surface area contributed by atoms with Crippen LogP contribution in [0.3, 0.4) is 0 Å². The molecule has 1 unspecified atom stereocenters. The van der Waals surface area contributed by atoms with Crippen molar-refractivity contribution in [2.45, 2.75) is 26.2 Å². The lowest BCUT2D eigenvalue weighted by atomic mass is 9.97. The third-order valence-electron chi connectivity index (χ3n) is 3.06. The number of aliphatic hydroxyl groups excluding tert-OH is 1. The number of nitrogens with zero attached hydrogens (tertiary/aromatic N) is 1. The van der Waals surface area contributed by atoms with Crippen molar-refractivity contribution in [3.63, 3.8) is 0 Å². The number of halogens is 1. The van der Waals surface area contributed by atoms with E-state index >= 15 is 0 Å². The van der Waals surface area contributed by atoms with Gasteiger partial charge in [-0.1, -0.05) is 28.1 Å². The van der Waals surface area contributed by atoms with Crippen LogP contribution in [0.4, 0.5) is 0 Å². The highest BCUT2D eigenvalue weighted by atomic mass is 79.9. The smallest absolute Gasteiger partial charge is 0.0937 e. The molecule has 0 aliphatic rings. The molecular weight excluding hydrogens is 310 g/mol. The van der Waals surface area contributed by atoms with Gasteiger partial charge in [-0.3, -0.25) is 0 Å². The van der Waals surface area contributed by atoms with Crippen molar-refractivity contribution in [3.05, 3.63) is 49.9 Å². The number of rotatable bonds is 4. The van der Waals surface area contributed by atoms with Gasteiger partial charge < -0.3 is 5.11 Å². The Balaban J connectivity index is 2.16. The van der Waals surface area contributed by atoms with E-state index in [4.69, 9.17) is 0 Å². The number of benzene rings is 1. The van der Waals surface area contributed by atoms with E-state index in [0.717, 1.165) is 27.2 Å². The van der Waals surface area contributed by atoms with Crippen molar-refractivity contribution in [1.82, 2.24) is 4.98 Å². The summed E-state index contributed by atoms with van der Waals surface area (Å²) in [5, 5.41) is 10.7. The van der Waals surface area contributed by atoms with Crippen LogP contribution in [0.1, 0.15) is 27.1 Å². The van der Waals surface area contributed by atoms with E-state index in [1.54, 1.807) is 11.3 Å². The first-order valence-electron chi connectivity index (χ1n) is 5.89. The SMILES string of the molecule is Cc1nc(CC(CO)c2ccc(Br)cc2)sc1C. The highest BCUT2D eigenvalue weighted by Gasteiger charge is 2.14. The molecule has 0 aliphatic heterocycles. The van der Waals surface area contributed by atoms with Gasteiger partial charge in [0.05, 0.1) is 17.3 Å². The number of thiazole rings is 1. The van der Waals surface area contributed by atoms with Gasteiger partial charge in [-0.25, -0.2) is 4.98 Å². The summed E-state index contributed by atoms with van der Waals surface area (Å²) < 4.78 is 1.06. The average Bonchev–Trinajstić information content (AvgIpc) is 2.67. The lowest BCUT2D eigenvalue weighted by molar-refractivity contribution is 0.264. The van der Waals surface area contributed by atoms with Crippen molar-refractivity contribution in [3.8, 4) is 0 Å². The van der Waals surface area contributed by atoms with Crippen molar-refractivity contribution in [1.29, 1.82) is 0 Å². The van der Waals surface area contributed by atoms with Crippen LogP contribution in [0.15, 0.2) is 28.7 Å². The van der Waals surface area contributed by atoms with Crippen LogP contribution < -0.4 is 0 Å². The van der Waals surface area contributed by atoms with Gasteiger partial charge in [0, 0.05) is 21.7 Å². The highest BCUT2D eigenvalue weighted by molar-refractivity contribution is 9.10. The van der Waals surface area contributed by atoms with E-state index in [9.17, 15) is 5.11 Å². The van der Waals surface area contributed by atoms with E-state index in [1.807, 2.05) is 19.1 Å². The third-order valence-corrected chi connectivity index (χ3v) is 4.68. The largest absolute Gasteiger partial charge is 0.396 e. The normalized spacial score (nSPS) is 12.7. The standard InChI is InChI=1S/C14H16BrNOS/c1-9-10(2)18-14(16-9)7-12(8-17)11-3-5-13(15)6-4-11/h3-6,12,17H,7-8H2,1-2H3. The molecule has 96 valence electrons. The number of aliphatic hydroxyl groups is 1. The third kappa shape index (κ3) is 3.19. The first-order chi connectivity index (χ1) is 8.60. The molecule has 0 saturated heterocycles. The molecule has 2 nitrogen and oxygen atoms in total. The van der Waals surface area contributed by atoms with Gasteiger partial charge in [0.25, 0.3) is 0 Å². The fourth-order valence-corrected chi connectivity index (χ4v) is 3.14. The summed E-state index contributed by atoms with van der Waals surface area (Å²) in [5.74, 6) is 0.128. The molecule has 1 atom stereocenters. The van der Waals surface area contributed by atoms with Gasteiger partial charge in [-0.2, -0.15) is 0 Å². The molecule has 4 heteroatoms. The van der Waals surface area contributed by atoms with E-state index in [1.165, 1.54) is 4.88 Å². The lowest BCUT2D eigenvalue weighted by Crippen LogP contribution is -2.07. The predicted octanol–water partition coefficient (Wildman–Crippen LogP) is 3.84. The summed E-state index contributed by atoms with van der Waals surface area (Å²) >= 11 is 5.15. The molecule has 2 aromatic rings. The van der Waals surface area contributed by atoms with Crippen molar-refractivity contribution in [2.24, 2.45) is 0 Å². The molecule has 2 rings (SSSR count). The Labute approximate surface area is 120 Å². The molecule has 0 bridgehead atoms. The second kappa shape index (κ2) is 5.95. The minimum absolute atomic E-state index is 0.128. The summed E-state index contributed by atoms with van der Waals surface area (Å²) in [5.41, 5.74) is 2.26. The molecule has 1 heterocycles. The molecule has 0 amide bonds. The van der Waals surface area contributed by atoms with Crippen LogP contribution in [0.25, 0.3) is 0 Å². The topological polar surface area (TPSA) is 33.1 Å². The van der Waals surface area contributed by atoms with Gasteiger partial charge in [0.2, 0.25) is 0 Å². The number of aryl methyl sites for hydroxylation is 2. The van der Waals surface area contributed by atoms with Crippen molar-refractivity contribution in [2.75, 3.05) is 6.61 Å². The predicted molar refractivity (Wildman–Crippen MR) is 79.3 cm³/mol. The van der Waals surface area contributed by atoms with Crippen LogP contribution in [0.5, 0.6) is 0 Å². The van der Waals surface area contributed by atoms with Gasteiger partial charge >= 0.3 is 0 Å². The van der Waals surface area contributed by atoms with E-state index in [2.05, 4.69) is 40.0 Å². The van der Waals surface area contributed by atoms with Crippen LogP contribution in [-0.4, -0.2) is 16.7 Å². The molecule has 0 aliphatic carbocycles. The second-order valence-electron chi connectivity index (χ2n) is 4.38. The zero-order valence-corrected chi connectivity index (χ0v) is 12.9. The fraction of sp³-hybridized carbons (Fsp3) is 0.357. The summed E-state index contributed by atoms with van der Waals surface area (Å²) in [6.45, 7) is 4.27. The molecule has 1 N–H and O–H groups in total. The summed E-state index contributed by atoms with van der Waals surface area (Å²) in [6.07, 6.45) is 0.803. The Kier molecular flexibility index (Phi) is 4.54. The monoisotopic (exact) mass is 325 g/mol. The van der Waals surface area contributed by atoms with Crippen LogP contribution in [0.2, 0.25) is 0 Å². The van der Waals surface area contributed by atoms with Gasteiger partial charge in [-0.15, -0.1) is 11.3 Å². The maximum atomic E-state index is 9.55. The maximum Gasteiger partial charge on any atom is 0.0937 e. The molecule has 0 saturated carbocycles. The molecule has 18 heavy (non-hydrogen) atoms. The Hall–Kier alpha value is -0.710. The maximum absolute atomic E-state index is 9.55.